The van der Waals surface area contributed by atoms with Crippen molar-refractivity contribution in [1.29, 1.82) is 0 Å². The molecule has 3 aliphatic rings. The van der Waals surface area contributed by atoms with Crippen molar-refractivity contribution in [2.45, 2.75) is 118 Å². The number of aromatic amines is 1. The highest BCUT2D eigenvalue weighted by Gasteiger charge is 2.60. The lowest BCUT2D eigenvalue weighted by Gasteiger charge is -2.60. The van der Waals surface area contributed by atoms with Gasteiger partial charge in [0, 0.05) is 28.1 Å². The standard InChI is InChI=1S/C37H51NO3/c1-22(2)10-12-25-19-28-29-20-27-14-15-31-36(6,17-8-9-24(5)35(40)41)32(39)16-18-37(31,7)33(27)34(29)38-30(28)21-26(25)13-11-23(3)4/h9-11,19,21,27,31-33,38-39H,8,12-18,20H2,1-7H3,(H,40,41). The Balaban J connectivity index is 1.52. The number of H-pyrrole nitrogens is 1. The number of carboxylic acids is 1. The van der Waals surface area contributed by atoms with Gasteiger partial charge in [-0.15, -0.1) is 0 Å². The highest BCUT2D eigenvalue weighted by atomic mass is 16.4. The Kier molecular flexibility index (Phi) is 8.20. The number of aromatic nitrogens is 1. The van der Waals surface area contributed by atoms with Gasteiger partial charge in [-0.05, 0) is 144 Å². The summed E-state index contributed by atoms with van der Waals surface area (Å²) in [5, 5.41) is 22.1. The van der Waals surface area contributed by atoms with Gasteiger partial charge in [0.25, 0.3) is 0 Å². The molecule has 4 nitrogen and oxygen atoms in total. The number of carboxylic acid groups (broad SMARTS) is 1. The molecule has 0 spiro atoms. The van der Waals surface area contributed by atoms with Gasteiger partial charge in [-0.2, -0.15) is 0 Å². The van der Waals surface area contributed by atoms with E-state index in [2.05, 4.69) is 70.8 Å². The number of nitrogens with one attached hydrogen (secondary N) is 1. The second-order valence-corrected chi connectivity index (χ2v) is 14.5. The smallest absolute Gasteiger partial charge is 0.330 e. The first-order valence-electron chi connectivity index (χ1n) is 15.9. The summed E-state index contributed by atoms with van der Waals surface area (Å²) < 4.78 is 0. The summed E-state index contributed by atoms with van der Waals surface area (Å²) >= 11 is 0. The van der Waals surface area contributed by atoms with Crippen molar-refractivity contribution in [3.8, 4) is 0 Å². The zero-order valence-corrected chi connectivity index (χ0v) is 26.4. The minimum atomic E-state index is -0.852. The van der Waals surface area contributed by atoms with Crippen molar-refractivity contribution in [1.82, 2.24) is 4.98 Å². The van der Waals surface area contributed by atoms with Crippen LogP contribution in [-0.2, 0) is 24.1 Å². The lowest BCUT2D eigenvalue weighted by molar-refractivity contribution is -0.142. The van der Waals surface area contributed by atoms with E-state index in [1.54, 1.807) is 6.92 Å². The summed E-state index contributed by atoms with van der Waals surface area (Å²) in [5.74, 6) is 0.698. The van der Waals surface area contributed by atoms with Crippen LogP contribution in [0.25, 0.3) is 10.9 Å². The minimum absolute atomic E-state index is 0.115. The third-order valence-corrected chi connectivity index (χ3v) is 11.3. The second kappa shape index (κ2) is 11.2. The van der Waals surface area contributed by atoms with E-state index in [9.17, 15) is 15.0 Å². The summed E-state index contributed by atoms with van der Waals surface area (Å²) in [5.41, 5.74) is 10.2. The van der Waals surface area contributed by atoms with Crippen molar-refractivity contribution in [3.63, 3.8) is 0 Å². The van der Waals surface area contributed by atoms with Gasteiger partial charge in [-0.25, -0.2) is 4.79 Å². The molecular formula is C37H51NO3. The third kappa shape index (κ3) is 5.38. The summed E-state index contributed by atoms with van der Waals surface area (Å²) in [4.78, 5) is 15.4. The molecule has 1 aromatic heterocycles. The van der Waals surface area contributed by atoms with Gasteiger partial charge in [-0.1, -0.05) is 43.2 Å². The van der Waals surface area contributed by atoms with E-state index in [0.29, 0.717) is 29.7 Å². The van der Waals surface area contributed by atoms with Crippen molar-refractivity contribution in [2.24, 2.45) is 22.7 Å². The van der Waals surface area contributed by atoms with Crippen LogP contribution in [-0.4, -0.2) is 27.3 Å². The van der Waals surface area contributed by atoms with E-state index < -0.39 is 5.97 Å². The number of hydrogen-bond acceptors (Lipinski definition) is 2. The molecule has 3 aliphatic carbocycles. The van der Waals surface area contributed by atoms with E-state index in [4.69, 9.17) is 0 Å². The van der Waals surface area contributed by atoms with Gasteiger partial charge < -0.3 is 15.2 Å². The van der Waals surface area contributed by atoms with Gasteiger partial charge in [0.05, 0.1) is 6.10 Å². The molecule has 2 fully saturated rings. The van der Waals surface area contributed by atoms with E-state index in [0.717, 1.165) is 44.9 Å². The predicted octanol–water partition coefficient (Wildman–Crippen LogP) is 8.83. The molecule has 5 rings (SSSR count). The minimum Gasteiger partial charge on any atom is -0.478 e. The average molecular weight is 558 g/mol. The first-order valence-corrected chi connectivity index (χ1v) is 15.9. The van der Waals surface area contributed by atoms with Crippen LogP contribution in [0.15, 0.2) is 47.1 Å². The Morgan fingerprint density at radius 2 is 1.63 bits per heavy atom. The molecule has 4 heteroatoms. The number of allylic oxidation sites excluding steroid dienone is 5. The maximum Gasteiger partial charge on any atom is 0.330 e. The van der Waals surface area contributed by atoms with Gasteiger partial charge in [0.2, 0.25) is 0 Å². The number of aliphatic carboxylic acids is 1. The number of aliphatic hydroxyl groups is 1. The maximum absolute atomic E-state index is 11.4. The number of benzene rings is 1. The first kappa shape index (κ1) is 29.9. The third-order valence-electron chi connectivity index (χ3n) is 11.3. The fourth-order valence-electron chi connectivity index (χ4n) is 9.03. The van der Waals surface area contributed by atoms with Gasteiger partial charge in [0.15, 0.2) is 0 Å². The van der Waals surface area contributed by atoms with E-state index in [1.807, 2.05) is 6.08 Å². The van der Waals surface area contributed by atoms with Crippen LogP contribution in [0.5, 0.6) is 0 Å². The largest absolute Gasteiger partial charge is 0.478 e. The Hall–Kier alpha value is -2.59. The fraction of sp³-hybridized carbons (Fsp3) is 0.595. The Morgan fingerprint density at radius 1 is 0.976 bits per heavy atom. The summed E-state index contributed by atoms with van der Waals surface area (Å²) in [6, 6.07) is 4.91. The quantitative estimate of drug-likeness (QED) is 0.224. The number of carbonyl (C=O) groups is 1. The number of fused-ring (bicyclic) bond motifs is 7. The molecule has 222 valence electrons. The molecule has 0 aliphatic heterocycles. The van der Waals surface area contributed by atoms with E-state index >= 15 is 0 Å². The zero-order chi connectivity index (χ0) is 29.7. The van der Waals surface area contributed by atoms with Crippen LogP contribution >= 0.6 is 0 Å². The Morgan fingerprint density at radius 3 is 2.27 bits per heavy atom. The SMILES string of the molecule is CC(C)=CCc1cc2[nH]c3c(c2cc1CC=C(C)C)CC1CCC2C(C)(CCC=C(C)C(=O)O)C(O)CCC2(C)C31. The monoisotopic (exact) mass is 557 g/mol. The van der Waals surface area contributed by atoms with Gasteiger partial charge in [-0.3, -0.25) is 0 Å². The molecule has 2 saturated carbocycles. The molecule has 3 N–H and O–H groups in total. The highest BCUT2D eigenvalue weighted by Crippen LogP contribution is 2.67. The molecule has 0 radical (unpaired) electrons. The number of aliphatic hydroxyl groups excluding tert-OH is 1. The second-order valence-electron chi connectivity index (χ2n) is 14.5. The molecular weight excluding hydrogens is 506 g/mol. The maximum atomic E-state index is 11.4. The molecule has 1 heterocycles. The molecule has 6 unspecified atom stereocenters. The fourth-order valence-corrected chi connectivity index (χ4v) is 9.03. The molecule has 0 bridgehead atoms. The predicted molar refractivity (Wildman–Crippen MR) is 169 cm³/mol. The van der Waals surface area contributed by atoms with Crippen molar-refractivity contribution in [3.05, 3.63) is 69.5 Å². The van der Waals surface area contributed by atoms with Crippen LogP contribution in [0, 0.1) is 22.7 Å². The first-order chi connectivity index (χ1) is 19.3. The number of hydrogen-bond donors (Lipinski definition) is 3. The average Bonchev–Trinajstić information content (AvgIpc) is 3.44. The van der Waals surface area contributed by atoms with Crippen LogP contribution in [0.4, 0.5) is 0 Å². The van der Waals surface area contributed by atoms with Crippen molar-refractivity contribution >= 4 is 16.9 Å². The molecule has 6 atom stereocenters. The summed E-state index contributed by atoms with van der Waals surface area (Å²) in [6.07, 6.45) is 15.0. The van der Waals surface area contributed by atoms with Crippen LogP contribution in [0.2, 0.25) is 0 Å². The number of rotatable bonds is 8. The van der Waals surface area contributed by atoms with E-state index in [1.165, 1.54) is 50.9 Å². The van der Waals surface area contributed by atoms with Crippen LogP contribution in [0.3, 0.4) is 0 Å². The van der Waals surface area contributed by atoms with Crippen LogP contribution < -0.4 is 0 Å². The van der Waals surface area contributed by atoms with Crippen molar-refractivity contribution in [2.75, 3.05) is 0 Å². The highest BCUT2D eigenvalue weighted by molar-refractivity contribution is 5.87. The van der Waals surface area contributed by atoms with Gasteiger partial charge >= 0.3 is 5.97 Å². The molecule has 0 amide bonds. The molecule has 0 saturated heterocycles. The Bertz CT molecular complexity index is 1420. The van der Waals surface area contributed by atoms with Crippen LogP contribution in [0.1, 0.15) is 115 Å². The lowest BCUT2D eigenvalue weighted by atomic mass is 9.45. The molecule has 1 aromatic carbocycles. The summed E-state index contributed by atoms with van der Waals surface area (Å²) in [6.45, 7) is 15.2. The van der Waals surface area contributed by atoms with E-state index in [-0.39, 0.29) is 16.9 Å². The topological polar surface area (TPSA) is 73.3 Å². The Labute approximate surface area is 247 Å². The molecule has 2 aromatic rings. The van der Waals surface area contributed by atoms with Crippen molar-refractivity contribution < 1.29 is 15.0 Å². The zero-order valence-electron chi connectivity index (χ0n) is 26.4. The molecule has 41 heavy (non-hydrogen) atoms. The summed E-state index contributed by atoms with van der Waals surface area (Å²) in [7, 11) is 0. The van der Waals surface area contributed by atoms with Gasteiger partial charge in [0.1, 0.15) is 0 Å². The lowest BCUT2D eigenvalue weighted by Crippen LogP contribution is -2.56. The normalized spacial score (nSPS) is 30.9.